The van der Waals surface area contributed by atoms with E-state index in [-0.39, 0.29) is 0 Å². The van der Waals surface area contributed by atoms with Gasteiger partial charge >= 0.3 is 0 Å². The third-order valence-electron chi connectivity index (χ3n) is 2.53. The molecule has 15 heavy (non-hydrogen) atoms. The van der Waals surface area contributed by atoms with Gasteiger partial charge in [-0.05, 0) is 30.3 Å². The third kappa shape index (κ3) is 1.68. The van der Waals surface area contributed by atoms with E-state index in [1.54, 1.807) is 0 Å². The molecule has 78 valence electrons. The van der Waals surface area contributed by atoms with Crippen LogP contribution in [-0.2, 0) is 7.05 Å². The quantitative estimate of drug-likeness (QED) is 0.732. The van der Waals surface area contributed by atoms with Crippen LogP contribution in [0.1, 0.15) is 0 Å². The van der Waals surface area contributed by atoms with Crippen LogP contribution in [0.2, 0.25) is 0 Å². The van der Waals surface area contributed by atoms with E-state index in [1.165, 1.54) is 0 Å². The Hall–Kier alpha value is -1.90. The predicted octanol–water partition coefficient (Wildman–Crippen LogP) is 2.32. The summed E-state index contributed by atoms with van der Waals surface area (Å²) in [7, 11) is 3.94. The molecule has 0 spiro atoms. The van der Waals surface area contributed by atoms with Gasteiger partial charge in [0.25, 0.3) is 0 Å². The first-order valence-corrected chi connectivity index (χ1v) is 4.91. The van der Waals surface area contributed by atoms with Gasteiger partial charge in [0.2, 0.25) is 0 Å². The zero-order valence-corrected chi connectivity index (χ0v) is 8.99. The van der Waals surface area contributed by atoms with Crippen LogP contribution in [0.15, 0.2) is 36.5 Å². The van der Waals surface area contributed by atoms with E-state index in [0.29, 0.717) is 0 Å². The Labute approximate surface area is 89.5 Å². The van der Waals surface area contributed by atoms with Crippen LogP contribution >= 0.6 is 0 Å². The van der Waals surface area contributed by atoms with Crippen molar-refractivity contribution in [2.75, 3.05) is 18.1 Å². The summed E-state index contributed by atoms with van der Waals surface area (Å²) in [5.41, 5.74) is 9.96. The highest BCUT2D eigenvalue weighted by Gasteiger charge is 2.06. The van der Waals surface area contributed by atoms with Crippen LogP contribution in [0.25, 0.3) is 11.3 Å². The Morgan fingerprint density at radius 3 is 2.67 bits per heavy atom. The Morgan fingerprint density at radius 2 is 2.07 bits per heavy atom. The van der Waals surface area contributed by atoms with E-state index in [1.807, 2.05) is 44.6 Å². The first kappa shape index (κ1) is 9.65. The standard InChI is InChI=1S/C12H15N3/c1-14-11-6-5-9(13)8-10(11)12-4-3-7-15(12)2/h3-8,14H,13H2,1-2H3. The maximum Gasteiger partial charge on any atom is 0.0499 e. The molecular weight excluding hydrogens is 186 g/mol. The molecule has 1 aromatic heterocycles. The Kier molecular flexibility index (Phi) is 2.37. The average Bonchev–Trinajstić information content (AvgIpc) is 2.64. The number of nitrogens with one attached hydrogen (secondary N) is 1. The number of benzene rings is 1. The number of nitrogens with zero attached hydrogens (tertiary/aromatic N) is 1. The molecule has 0 aliphatic carbocycles. The van der Waals surface area contributed by atoms with Gasteiger partial charge < -0.3 is 15.6 Å². The van der Waals surface area contributed by atoms with Crippen LogP contribution in [0.5, 0.6) is 0 Å². The summed E-state index contributed by atoms with van der Waals surface area (Å²) in [5.74, 6) is 0. The van der Waals surface area contributed by atoms with Crippen molar-refractivity contribution in [2.24, 2.45) is 7.05 Å². The first-order chi connectivity index (χ1) is 7.22. The van der Waals surface area contributed by atoms with Gasteiger partial charge in [-0.1, -0.05) is 0 Å². The SMILES string of the molecule is CNc1ccc(N)cc1-c1cccn1C. The molecule has 0 amide bonds. The van der Waals surface area contributed by atoms with Gasteiger partial charge in [0.05, 0.1) is 0 Å². The molecule has 3 N–H and O–H groups in total. The van der Waals surface area contributed by atoms with Gasteiger partial charge in [0, 0.05) is 42.9 Å². The zero-order chi connectivity index (χ0) is 10.8. The lowest BCUT2D eigenvalue weighted by Crippen LogP contribution is -1.97. The van der Waals surface area contributed by atoms with E-state index < -0.39 is 0 Å². The van der Waals surface area contributed by atoms with Crippen LogP contribution in [-0.4, -0.2) is 11.6 Å². The fraction of sp³-hybridized carbons (Fsp3) is 0.167. The smallest absolute Gasteiger partial charge is 0.0499 e. The predicted molar refractivity (Wildman–Crippen MR) is 64.8 cm³/mol. The molecule has 1 aromatic carbocycles. The second-order valence-electron chi connectivity index (χ2n) is 3.56. The van der Waals surface area contributed by atoms with E-state index in [9.17, 15) is 0 Å². The number of anilines is 2. The second kappa shape index (κ2) is 3.69. The summed E-state index contributed by atoms with van der Waals surface area (Å²) in [4.78, 5) is 0. The lowest BCUT2D eigenvalue weighted by atomic mass is 10.1. The van der Waals surface area contributed by atoms with Crippen molar-refractivity contribution in [2.45, 2.75) is 0 Å². The second-order valence-corrected chi connectivity index (χ2v) is 3.56. The minimum absolute atomic E-state index is 0.783. The Morgan fingerprint density at radius 1 is 1.27 bits per heavy atom. The lowest BCUT2D eigenvalue weighted by Gasteiger charge is -2.10. The molecular formula is C12H15N3. The van der Waals surface area contributed by atoms with E-state index in [0.717, 1.165) is 22.6 Å². The van der Waals surface area contributed by atoms with Crippen molar-refractivity contribution >= 4 is 11.4 Å². The van der Waals surface area contributed by atoms with E-state index >= 15 is 0 Å². The minimum atomic E-state index is 0.783. The number of aromatic nitrogens is 1. The molecule has 0 saturated carbocycles. The van der Waals surface area contributed by atoms with Gasteiger partial charge in [0.1, 0.15) is 0 Å². The van der Waals surface area contributed by atoms with E-state index in [2.05, 4.69) is 16.0 Å². The van der Waals surface area contributed by atoms with Crippen LogP contribution in [0, 0.1) is 0 Å². The zero-order valence-electron chi connectivity index (χ0n) is 8.99. The molecule has 0 saturated heterocycles. The maximum atomic E-state index is 5.80. The van der Waals surface area contributed by atoms with Crippen molar-refractivity contribution in [3.8, 4) is 11.3 Å². The normalized spacial score (nSPS) is 10.3. The average molecular weight is 201 g/mol. The molecule has 2 aromatic rings. The van der Waals surface area contributed by atoms with Gasteiger partial charge in [-0.2, -0.15) is 0 Å². The number of nitrogens with two attached hydrogens (primary N) is 1. The molecule has 1 heterocycles. The van der Waals surface area contributed by atoms with E-state index in [4.69, 9.17) is 5.73 Å². The molecule has 0 radical (unpaired) electrons. The molecule has 0 unspecified atom stereocenters. The van der Waals surface area contributed by atoms with Crippen molar-refractivity contribution < 1.29 is 0 Å². The fourth-order valence-corrected chi connectivity index (χ4v) is 1.73. The first-order valence-electron chi connectivity index (χ1n) is 4.91. The summed E-state index contributed by atoms with van der Waals surface area (Å²) >= 11 is 0. The van der Waals surface area contributed by atoms with Crippen molar-refractivity contribution in [3.05, 3.63) is 36.5 Å². The number of rotatable bonds is 2. The highest BCUT2D eigenvalue weighted by atomic mass is 14.9. The van der Waals surface area contributed by atoms with Crippen LogP contribution in [0.3, 0.4) is 0 Å². The highest BCUT2D eigenvalue weighted by Crippen LogP contribution is 2.29. The molecule has 3 heteroatoms. The number of hydrogen-bond donors (Lipinski definition) is 2. The largest absolute Gasteiger partial charge is 0.399 e. The van der Waals surface area contributed by atoms with Gasteiger partial charge in [0.15, 0.2) is 0 Å². The Balaban J connectivity index is 2.60. The highest BCUT2D eigenvalue weighted by molar-refractivity contribution is 5.78. The van der Waals surface area contributed by atoms with Crippen molar-refractivity contribution in [3.63, 3.8) is 0 Å². The number of hydrogen-bond acceptors (Lipinski definition) is 2. The van der Waals surface area contributed by atoms with Crippen molar-refractivity contribution in [1.82, 2.24) is 4.57 Å². The molecule has 0 aliphatic rings. The van der Waals surface area contributed by atoms with Crippen LogP contribution < -0.4 is 11.1 Å². The third-order valence-corrected chi connectivity index (χ3v) is 2.53. The van der Waals surface area contributed by atoms with Crippen LogP contribution in [0.4, 0.5) is 11.4 Å². The Bertz CT molecular complexity index is 471. The minimum Gasteiger partial charge on any atom is -0.399 e. The van der Waals surface area contributed by atoms with Gasteiger partial charge in [-0.15, -0.1) is 0 Å². The molecule has 0 fully saturated rings. The number of aryl methyl sites for hydroxylation is 1. The fourth-order valence-electron chi connectivity index (χ4n) is 1.73. The molecule has 0 aliphatic heterocycles. The number of nitrogen functional groups attached to an aromatic ring is 1. The maximum absolute atomic E-state index is 5.80. The van der Waals surface area contributed by atoms with Crippen molar-refractivity contribution in [1.29, 1.82) is 0 Å². The lowest BCUT2D eigenvalue weighted by molar-refractivity contribution is 0.937. The molecule has 0 atom stereocenters. The summed E-state index contributed by atoms with van der Waals surface area (Å²) in [6.45, 7) is 0. The topological polar surface area (TPSA) is 43.0 Å². The van der Waals surface area contributed by atoms with Gasteiger partial charge in [-0.3, -0.25) is 0 Å². The monoisotopic (exact) mass is 201 g/mol. The molecule has 0 bridgehead atoms. The summed E-state index contributed by atoms with van der Waals surface area (Å²) in [5, 5.41) is 3.17. The molecule has 2 rings (SSSR count). The summed E-state index contributed by atoms with van der Waals surface area (Å²) in [6, 6.07) is 9.99. The summed E-state index contributed by atoms with van der Waals surface area (Å²) in [6.07, 6.45) is 2.03. The molecule has 3 nitrogen and oxygen atoms in total. The van der Waals surface area contributed by atoms with Gasteiger partial charge in [-0.25, -0.2) is 0 Å². The summed E-state index contributed by atoms with van der Waals surface area (Å²) < 4.78 is 2.08.